The Labute approximate surface area is 117 Å². The first-order chi connectivity index (χ1) is 8.63. The van der Waals surface area contributed by atoms with Crippen molar-refractivity contribution in [1.82, 2.24) is 4.90 Å². The van der Waals surface area contributed by atoms with Gasteiger partial charge >= 0.3 is 0 Å². The van der Waals surface area contributed by atoms with E-state index in [0.717, 1.165) is 25.8 Å². The third kappa shape index (κ3) is 2.79. The molecule has 1 aromatic rings. The maximum Gasteiger partial charge on any atom is 0.255 e. The van der Waals surface area contributed by atoms with Gasteiger partial charge < -0.3 is 10.6 Å². The van der Waals surface area contributed by atoms with Crippen LogP contribution in [0.15, 0.2) is 18.2 Å². The van der Waals surface area contributed by atoms with E-state index in [0.29, 0.717) is 22.2 Å². The summed E-state index contributed by atoms with van der Waals surface area (Å²) < 4.78 is 0. The van der Waals surface area contributed by atoms with Gasteiger partial charge in [-0.2, -0.15) is 0 Å². The minimum Gasteiger partial charge on any atom is -0.334 e. The molecule has 98 valence electrons. The summed E-state index contributed by atoms with van der Waals surface area (Å²) in [5.41, 5.74) is 6.23. The fraction of sp³-hybridized carbons (Fsp3) is 0.462. The summed E-state index contributed by atoms with van der Waals surface area (Å²) >= 11 is 11.9. The predicted molar refractivity (Wildman–Crippen MR) is 74.2 cm³/mol. The fourth-order valence-electron chi connectivity index (χ4n) is 2.33. The molecule has 0 aromatic heterocycles. The summed E-state index contributed by atoms with van der Waals surface area (Å²) in [6.07, 6.45) is 3.11. The molecule has 18 heavy (non-hydrogen) atoms. The Balaban J connectivity index is 2.24. The molecular formula is C13H16Cl2N2O. The average molecular weight is 287 g/mol. The zero-order chi connectivity index (χ0) is 13.1. The van der Waals surface area contributed by atoms with Crippen molar-refractivity contribution in [1.29, 1.82) is 0 Å². The number of nitrogens with two attached hydrogens (primary N) is 1. The number of likely N-dealkylation sites (tertiary alicyclic amines) is 1. The Kier molecular flexibility index (Phi) is 4.49. The van der Waals surface area contributed by atoms with Crippen LogP contribution >= 0.6 is 23.2 Å². The van der Waals surface area contributed by atoms with Crippen LogP contribution in [0.5, 0.6) is 0 Å². The molecule has 1 aromatic carbocycles. The second kappa shape index (κ2) is 5.91. The smallest absolute Gasteiger partial charge is 0.255 e. The van der Waals surface area contributed by atoms with E-state index >= 15 is 0 Å². The minimum absolute atomic E-state index is 0.0492. The molecular weight excluding hydrogens is 271 g/mol. The molecule has 1 fully saturated rings. The second-order valence-corrected chi connectivity index (χ2v) is 5.35. The van der Waals surface area contributed by atoms with Gasteiger partial charge in [0, 0.05) is 24.2 Å². The summed E-state index contributed by atoms with van der Waals surface area (Å²) in [5, 5.41) is 0.930. The summed E-state index contributed by atoms with van der Waals surface area (Å²) in [6.45, 7) is 1.25. The third-order valence-corrected chi connectivity index (χ3v) is 3.87. The van der Waals surface area contributed by atoms with Crippen LogP contribution in [-0.2, 0) is 0 Å². The van der Waals surface area contributed by atoms with Gasteiger partial charge in [0.25, 0.3) is 5.91 Å². The van der Waals surface area contributed by atoms with Crippen molar-refractivity contribution in [3.63, 3.8) is 0 Å². The molecule has 0 radical (unpaired) electrons. The molecule has 1 atom stereocenters. The Hall–Kier alpha value is -0.770. The molecule has 1 heterocycles. The number of hydrogen-bond donors (Lipinski definition) is 1. The summed E-state index contributed by atoms with van der Waals surface area (Å²) in [5.74, 6) is -0.0492. The Morgan fingerprint density at radius 2 is 2.17 bits per heavy atom. The zero-order valence-electron chi connectivity index (χ0n) is 10.0. The highest BCUT2D eigenvalue weighted by Crippen LogP contribution is 2.25. The highest BCUT2D eigenvalue weighted by molar-refractivity contribution is 6.36. The zero-order valence-corrected chi connectivity index (χ0v) is 11.5. The van der Waals surface area contributed by atoms with Gasteiger partial charge in [0.1, 0.15) is 0 Å². The van der Waals surface area contributed by atoms with Crippen LogP contribution in [0, 0.1) is 0 Å². The van der Waals surface area contributed by atoms with Gasteiger partial charge in [-0.25, -0.2) is 0 Å². The van der Waals surface area contributed by atoms with Crippen molar-refractivity contribution in [3.8, 4) is 0 Å². The molecule has 2 N–H and O–H groups in total. The maximum absolute atomic E-state index is 12.4. The minimum atomic E-state index is -0.0492. The number of nitrogens with zero attached hydrogens (tertiary/aromatic N) is 1. The van der Waals surface area contributed by atoms with Gasteiger partial charge in [-0.1, -0.05) is 23.2 Å². The van der Waals surface area contributed by atoms with Crippen molar-refractivity contribution in [2.75, 3.05) is 13.1 Å². The summed E-state index contributed by atoms with van der Waals surface area (Å²) in [6, 6.07) is 5.08. The molecule has 1 aliphatic rings. The molecule has 1 unspecified atom stereocenters. The standard InChI is InChI=1S/C13H16Cl2N2O/c14-9-4-5-11(12(15)7-9)13(18)17-6-2-1-3-10(17)8-16/h4-5,7,10H,1-3,6,8,16H2. The third-order valence-electron chi connectivity index (χ3n) is 3.32. The van der Waals surface area contributed by atoms with E-state index < -0.39 is 0 Å². The van der Waals surface area contributed by atoms with Crippen LogP contribution in [-0.4, -0.2) is 29.9 Å². The van der Waals surface area contributed by atoms with E-state index in [9.17, 15) is 4.79 Å². The lowest BCUT2D eigenvalue weighted by Crippen LogP contribution is -2.47. The van der Waals surface area contributed by atoms with E-state index in [2.05, 4.69) is 0 Å². The first-order valence-electron chi connectivity index (χ1n) is 6.09. The molecule has 3 nitrogen and oxygen atoms in total. The summed E-state index contributed by atoms with van der Waals surface area (Å²) in [4.78, 5) is 14.3. The van der Waals surface area contributed by atoms with Gasteiger partial charge in [0.2, 0.25) is 0 Å². The van der Waals surface area contributed by atoms with Crippen molar-refractivity contribution in [2.45, 2.75) is 25.3 Å². The first kappa shape index (κ1) is 13.7. The van der Waals surface area contributed by atoms with Crippen LogP contribution < -0.4 is 5.73 Å². The van der Waals surface area contributed by atoms with Crippen molar-refractivity contribution in [3.05, 3.63) is 33.8 Å². The molecule has 1 amide bonds. The van der Waals surface area contributed by atoms with Gasteiger partial charge in [-0.05, 0) is 37.5 Å². The van der Waals surface area contributed by atoms with Crippen LogP contribution in [0.2, 0.25) is 10.0 Å². The highest BCUT2D eigenvalue weighted by atomic mass is 35.5. The van der Waals surface area contributed by atoms with Gasteiger partial charge in [0.15, 0.2) is 0 Å². The number of rotatable bonds is 2. The van der Waals surface area contributed by atoms with E-state index in [-0.39, 0.29) is 11.9 Å². The lowest BCUT2D eigenvalue weighted by atomic mass is 10.0. The number of halogens is 2. The number of amides is 1. The molecule has 0 aliphatic carbocycles. The molecule has 0 bridgehead atoms. The van der Waals surface area contributed by atoms with E-state index in [4.69, 9.17) is 28.9 Å². The first-order valence-corrected chi connectivity index (χ1v) is 6.85. The number of carbonyl (C=O) groups excluding carboxylic acids is 1. The fourth-order valence-corrected chi connectivity index (χ4v) is 2.82. The summed E-state index contributed by atoms with van der Waals surface area (Å²) in [7, 11) is 0. The molecule has 2 rings (SSSR count). The van der Waals surface area contributed by atoms with Gasteiger partial charge in [-0.3, -0.25) is 4.79 Å². The quantitative estimate of drug-likeness (QED) is 0.909. The number of benzene rings is 1. The van der Waals surface area contributed by atoms with E-state index in [1.165, 1.54) is 0 Å². The van der Waals surface area contributed by atoms with Crippen LogP contribution in [0.25, 0.3) is 0 Å². The molecule has 1 aliphatic heterocycles. The topological polar surface area (TPSA) is 46.3 Å². The Bertz CT molecular complexity index is 451. The van der Waals surface area contributed by atoms with Crippen molar-refractivity contribution < 1.29 is 4.79 Å². The van der Waals surface area contributed by atoms with Gasteiger partial charge in [-0.15, -0.1) is 0 Å². The highest BCUT2D eigenvalue weighted by Gasteiger charge is 2.27. The Morgan fingerprint density at radius 1 is 1.39 bits per heavy atom. The lowest BCUT2D eigenvalue weighted by molar-refractivity contribution is 0.0623. The predicted octanol–water partition coefficient (Wildman–Crippen LogP) is 2.95. The average Bonchev–Trinajstić information content (AvgIpc) is 2.38. The lowest BCUT2D eigenvalue weighted by Gasteiger charge is -2.35. The van der Waals surface area contributed by atoms with Gasteiger partial charge in [0.05, 0.1) is 10.6 Å². The SMILES string of the molecule is NCC1CCCCN1C(=O)c1ccc(Cl)cc1Cl. The van der Waals surface area contributed by atoms with E-state index in [1.54, 1.807) is 18.2 Å². The number of carbonyl (C=O) groups is 1. The second-order valence-electron chi connectivity index (χ2n) is 4.51. The normalized spacial score (nSPS) is 19.9. The molecule has 0 spiro atoms. The molecule has 0 saturated carbocycles. The maximum atomic E-state index is 12.4. The number of piperidine rings is 1. The monoisotopic (exact) mass is 286 g/mol. The molecule has 1 saturated heterocycles. The number of hydrogen-bond acceptors (Lipinski definition) is 2. The van der Waals surface area contributed by atoms with Crippen molar-refractivity contribution >= 4 is 29.1 Å². The van der Waals surface area contributed by atoms with Crippen LogP contribution in [0.1, 0.15) is 29.6 Å². The largest absolute Gasteiger partial charge is 0.334 e. The Morgan fingerprint density at radius 3 is 2.83 bits per heavy atom. The van der Waals surface area contributed by atoms with Crippen LogP contribution in [0.4, 0.5) is 0 Å². The van der Waals surface area contributed by atoms with E-state index in [1.807, 2.05) is 4.90 Å². The molecule has 5 heteroatoms. The van der Waals surface area contributed by atoms with Crippen molar-refractivity contribution in [2.24, 2.45) is 5.73 Å². The van der Waals surface area contributed by atoms with Crippen LogP contribution in [0.3, 0.4) is 0 Å².